The van der Waals surface area contributed by atoms with Gasteiger partial charge in [-0.25, -0.2) is 0 Å². The first kappa shape index (κ1) is 23.8. The maximum absolute atomic E-state index is 13.2. The molecule has 2 fully saturated rings. The molecule has 0 saturated carbocycles. The smallest absolute Gasteiger partial charge is 0.295 e. The predicted molar refractivity (Wildman–Crippen MR) is 132 cm³/mol. The van der Waals surface area contributed by atoms with Gasteiger partial charge in [0.2, 0.25) is 0 Å². The summed E-state index contributed by atoms with van der Waals surface area (Å²) < 4.78 is 17.4. The van der Waals surface area contributed by atoms with Gasteiger partial charge in [0.1, 0.15) is 19.0 Å². The Balaban J connectivity index is 1.48. The molecule has 35 heavy (non-hydrogen) atoms. The van der Waals surface area contributed by atoms with Crippen molar-refractivity contribution in [2.45, 2.75) is 12.5 Å². The number of aliphatic hydroxyl groups excluding tert-OH is 1. The van der Waals surface area contributed by atoms with Gasteiger partial charge in [-0.3, -0.25) is 14.5 Å². The van der Waals surface area contributed by atoms with E-state index in [0.29, 0.717) is 56.5 Å². The van der Waals surface area contributed by atoms with Crippen LogP contribution in [0.1, 0.15) is 23.6 Å². The molecule has 0 aliphatic carbocycles. The van der Waals surface area contributed by atoms with Crippen LogP contribution in [0.2, 0.25) is 0 Å². The molecule has 0 unspecified atom stereocenters. The molecule has 9 heteroatoms. The van der Waals surface area contributed by atoms with Crippen LogP contribution in [0.15, 0.2) is 52.5 Å². The molecule has 0 aromatic heterocycles. The molecule has 0 spiro atoms. The molecule has 3 aliphatic rings. The summed E-state index contributed by atoms with van der Waals surface area (Å²) in [7, 11) is 0. The third kappa shape index (κ3) is 4.94. The summed E-state index contributed by atoms with van der Waals surface area (Å²) in [5.74, 6) is -0.426. The van der Waals surface area contributed by atoms with Crippen LogP contribution in [-0.4, -0.2) is 79.2 Å². The zero-order valence-corrected chi connectivity index (χ0v) is 20.8. The highest BCUT2D eigenvalue weighted by molar-refractivity contribution is 9.10. The quantitative estimate of drug-likeness (QED) is 0.340. The van der Waals surface area contributed by atoms with Crippen LogP contribution in [0.5, 0.6) is 11.5 Å². The van der Waals surface area contributed by atoms with Crippen molar-refractivity contribution in [2.24, 2.45) is 0 Å². The number of amides is 1. The van der Waals surface area contributed by atoms with Crippen LogP contribution >= 0.6 is 15.9 Å². The van der Waals surface area contributed by atoms with E-state index in [9.17, 15) is 14.7 Å². The molecule has 3 heterocycles. The SMILES string of the molecule is O=C1C(=O)N(CCCN2CCOCC2)[C@H](c2cccc(Br)c2)/C1=C(\O)c1ccc2c(c1)OCCO2. The van der Waals surface area contributed by atoms with Gasteiger partial charge >= 0.3 is 0 Å². The van der Waals surface area contributed by atoms with Crippen molar-refractivity contribution in [3.63, 3.8) is 0 Å². The number of halogens is 1. The number of Topliss-reactive ketones (excluding diaryl/α,β-unsaturated/α-hetero) is 1. The monoisotopic (exact) mass is 542 g/mol. The van der Waals surface area contributed by atoms with E-state index in [0.717, 1.165) is 29.7 Å². The molecule has 2 saturated heterocycles. The first-order valence-corrected chi connectivity index (χ1v) is 12.6. The summed E-state index contributed by atoms with van der Waals surface area (Å²) >= 11 is 3.49. The number of nitrogens with zero attached hydrogens (tertiary/aromatic N) is 2. The molecular formula is C26H27BrN2O6. The third-order valence-corrected chi connectivity index (χ3v) is 6.99. The normalized spacial score (nSPS) is 22.0. The summed E-state index contributed by atoms with van der Waals surface area (Å²) in [5.41, 5.74) is 1.24. The lowest BCUT2D eigenvalue weighted by molar-refractivity contribution is -0.140. The van der Waals surface area contributed by atoms with Crippen LogP contribution in [0, 0.1) is 0 Å². The highest BCUT2D eigenvalue weighted by atomic mass is 79.9. The Bertz CT molecular complexity index is 1160. The summed E-state index contributed by atoms with van der Waals surface area (Å²) in [6.07, 6.45) is 0.710. The van der Waals surface area contributed by atoms with Crippen LogP contribution < -0.4 is 9.47 Å². The van der Waals surface area contributed by atoms with Crippen molar-refractivity contribution in [2.75, 3.05) is 52.6 Å². The maximum atomic E-state index is 13.2. The van der Waals surface area contributed by atoms with Gasteiger partial charge in [-0.1, -0.05) is 28.1 Å². The van der Waals surface area contributed by atoms with E-state index in [1.807, 2.05) is 24.3 Å². The van der Waals surface area contributed by atoms with Gasteiger partial charge in [0.05, 0.1) is 24.8 Å². The molecule has 1 N–H and O–H groups in total. The van der Waals surface area contributed by atoms with Gasteiger partial charge in [0.25, 0.3) is 11.7 Å². The summed E-state index contributed by atoms with van der Waals surface area (Å²) in [4.78, 5) is 30.3. The molecule has 2 aromatic rings. The topological polar surface area (TPSA) is 88.5 Å². The van der Waals surface area contributed by atoms with Crippen LogP contribution in [0.4, 0.5) is 0 Å². The number of carbonyl (C=O) groups is 2. The minimum Gasteiger partial charge on any atom is -0.507 e. The minimum absolute atomic E-state index is 0.0798. The Morgan fingerprint density at radius 1 is 0.971 bits per heavy atom. The van der Waals surface area contributed by atoms with Crippen molar-refractivity contribution >= 4 is 33.4 Å². The molecule has 0 radical (unpaired) electrons. The average molecular weight is 543 g/mol. The van der Waals surface area contributed by atoms with E-state index >= 15 is 0 Å². The van der Waals surface area contributed by atoms with E-state index in [4.69, 9.17) is 14.2 Å². The standard InChI is InChI=1S/C26H27BrN2O6/c27-19-4-1-3-17(15-19)23-22(24(30)18-5-6-20-21(16-18)35-14-13-34-20)25(31)26(32)29(23)8-2-7-28-9-11-33-12-10-28/h1,3-6,15-16,23,30H,2,7-14H2/b24-22+/t23-/m1/s1. The lowest BCUT2D eigenvalue weighted by atomic mass is 9.95. The van der Waals surface area contributed by atoms with Gasteiger partial charge < -0.3 is 24.2 Å². The van der Waals surface area contributed by atoms with Gasteiger partial charge in [-0.15, -0.1) is 0 Å². The van der Waals surface area contributed by atoms with Crippen molar-refractivity contribution in [1.82, 2.24) is 9.80 Å². The maximum Gasteiger partial charge on any atom is 0.295 e. The van der Waals surface area contributed by atoms with Gasteiger partial charge in [-0.2, -0.15) is 0 Å². The molecule has 2 aromatic carbocycles. The second kappa shape index (κ2) is 10.4. The van der Waals surface area contributed by atoms with E-state index in [2.05, 4.69) is 20.8 Å². The summed E-state index contributed by atoms with van der Waals surface area (Å²) in [6, 6.07) is 11.8. The third-order valence-electron chi connectivity index (χ3n) is 6.50. The number of benzene rings is 2. The fourth-order valence-electron chi connectivity index (χ4n) is 4.77. The van der Waals surface area contributed by atoms with Crippen molar-refractivity contribution in [3.05, 3.63) is 63.6 Å². The zero-order chi connectivity index (χ0) is 24.4. The van der Waals surface area contributed by atoms with E-state index in [1.165, 1.54) is 0 Å². The number of hydrogen-bond acceptors (Lipinski definition) is 7. The Kier molecular flexibility index (Phi) is 7.08. The van der Waals surface area contributed by atoms with Crippen molar-refractivity contribution in [1.29, 1.82) is 0 Å². The highest BCUT2D eigenvalue weighted by Crippen LogP contribution is 2.41. The van der Waals surface area contributed by atoms with Crippen molar-refractivity contribution < 1.29 is 28.9 Å². The first-order valence-electron chi connectivity index (χ1n) is 11.8. The number of carbonyl (C=O) groups excluding carboxylic acids is 2. The number of morpholine rings is 1. The average Bonchev–Trinajstić information content (AvgIpc) is 3.13. The fraction of sp³-hybridized carbons (Fsp3) is 0.385. The predicted octanol–water partition coefficient (Wildman–Crippen LogP) is 3.36. The number of ether oxygens (including phenoxy) is 3. The summed E-state index contributed by atoms with van der Waals surface area (Å²) in [5, 5.41) is 11.3. The van der Waals surface area contributed by atoms with E-state index < -0.39 is 17.7 Å². The zero-order valence-electron chi connectivity index (χ0n) is 19.2. The Morgan fingerprint density at radius 3 is 2.51 bits per heavy atom. The molecule has 1 amide bonds. The summed E-state index contributed by atoms with van der Waals surface area (Å²) in [6.45, 7) is 5.20. The van der Waals surface area contributed by atoms with Crippen LogP contribution in [0.25, 0.3) is 5.76 Å². The highest BCUT2D eigenvalue weighted by Gasteiger charge is 2.46. The number of rotatable bonds is 6. The number of fused-ring (bicyclic) bond motifs is 1. The van der Waals surface area contributed by atoms with E-state index in [-0.39, 0.29) is 11.3 Å². The molecule has 5 rings (SSSR count). The molecule has 184 valence electrons. The van der Waals surface area contributed by atoms with Gasteiger partial charge in [0, 0.05) is 36.2 Å². The number of aliphatic hydroxyl groups is 1. The molecule has 1 atom stereocenters. The Labute approximate surface area is 212 Å². The van der Waals surface area contributed by atoms with E-state index in [1.54, 1.807) is 23.1 Å². The van der Waals surface area contributed by atoms with Crippen molar-refractivity contribution in [3.8, 4) is 11.5 Å². The lowest BCUT2D eigenvalue weighted by Gasteiger charge is -2.29. The minimum atomic E-state index is -0.689. The van der Waals surface area contributed by atoms with Crippen LogP contribution in [0.3, 0.4) is 0 Å². The molecular weight excluding hydrogens is 516 g/mol. The number of hydrogen-bond donors (Lipinski definition) is 1. The van der Waals surface area contributed by atoms with Gasteiger partial charge in [0.15, 0.2) is 11.5 Å². The number of ketones is 1. The van der Waals surface area contributed by atoms with Gasteiger partial charge in [-0.05, 0) is 42.3 Å². The molecule has 0 bridgehead atoms. The molecule has 3 aliphatic heterocycles. The fourth-order valence-corrected chi connectivity index (χ4v) is 5.19. The number of likely N-dealkylation sites (tertiary alicyclic amines) is 1. The Morgan fingerprint density at radius 2 is 1.74 bits per heavy atom. The largest absolute Gasteiger partial charge is 0.507 e. The second-order valence-corrected chi connectivity index (χ2v) is 9.63. The second-order valence-electron chi connectivity index (χ2n) is 8.71. The van der Waals surface area contributed by atoms with Crippen LogP contribution in [-0.2, 0) is 14.3 Å². The molecule has 8 nitrogen and oxygen atoms in total. The lowest BCUT2D eigenvalue weighted by Crippen LogP contribution is -2.38. The Hall–Kier alpha value is -2.88. The first-order chi connectivity index (χ1) is 17.0.